The van der Waals surface area contributed by atoms with Gasteiger partial charge in [0.15, 0.2) is 0 Å². The van der Waals surface area contributed by atoms with Crippen LogP contribution in [0.5, 0.6) is 0 Å². The number of morpholine rings is 1. The number of rotatable bonds is 8. The number of furan rings is 1. The molecule has 2 aromatic heterocycles. The third kappa shape index (κ3) is 4.76. The van der Waals surface area contributed by atoms with E-state index in [9.17, 15) is 19.5 Å². The van der Waals surface area contributed by atoms with Crippen LogP contribution in [0.4, 0.5) is 0 Å². The SMILES string of the molecule is CCOC(=O)c1[nH]c(C)c(/C(O)=C2/C(=O)C(=O)N(CCCN3CCOCC3)C2c2ccco2)c1C. The number of hydrogen-bond donors (Lipinski definition) is 2. The highest BCUT2D eigenvalue weighted by molar-refractivity contribution is 6.46. The molecule has 188 valence electrons. The number of aliphatic hydroxyl groups is 1. The third-order valence-corrected chi connectivity index (χ3v) is 6.48. The van der Waals surface area contributed by atoms with Gasteiger partial charge in [0, 0.05) is 37.4 Å². The van der Waals surface area contributed by atoms with Crippen LogP contribution in [-0.4, -0.2) is 83.5 Å². The fourth-order valence-electron chi connectivity index (χ4n) is 4.79. The minimum Gasteiger partial charge on any atom is -0.507 e. The van der Waals surface area contributed by atoms with Crippen molar-refractivity contribution in [3.63, 3.8) is 0 Å². The van der Waals surface area contributed by atoms with Gasteiger partial charge in [-0.3, -0.25) is 14.5 Å². The second-order valence-corrected chi connectivity index (χ2v) is 8.66. The van der Waals surface area contributed by atoms with E-state index in [-0.39, 0.29) is 23.6 Å². The number of hydrogen-bond acceptors (Lipinski definition) is 8. The van der Waals surface area contributed by atoms with Crippen LogP contribution in [0.2, 0.25) is 0 Å². The summed E-state index contributed by atoms with van der Waals surface area (Å²) in [5, 5.41) is 11.4. The molecule has 10 nitrogen and oxygen atoms in total. The van der Waals surface area contributed by atoms with E-state index in [1.165, 1.54) is 11.2 Å². The van der Waals surface area contributed by atoms with E-state index in [1.54, 1.807) is 32.9 Å². The molecule has 2 aromatic rings. The number of carbonyl (C=O) groups excluding carboxylic acids is 3. The van der Waals surface area contributed by atoms with Crippen molar-refractivity contribution in [2.24, 2.45) is 0 Å². The first-order chi connectivity index (χ1) is 16.8. The Morgan fingerprint density at radius 3 is 2.63 bits per heavy atom. The minimum atomic E-state index is -0.866. The van der Waals surface area contributed by atoms with E-state index in [4.69, 9.17) is 13.9 Å². The second kappa shape index (κ2) is 10.5. The topological polar surface area (TPSA) is 125 Å². The van der Waals surface area contributed by atoms with Gasteiger partial charge in [0.25, 0.3) is 11.7 Å². The molecule has 10 heteroatoms. The molecule has 0 saturated carbocycles. The molecule has 1 atom stereocenters. The third-order valence-electron chi connectivity index (χ3n) is 6.48. The number of Topliss-reactive ketones (excluding diaryl/α,β-unsaturated/α-hetero) is 1. The first-order valence-corrected chi connectivity index (χ1v) is 11.8. The molecule has 4 heterocycles. The number of ether oxygens (including phenoxy) is 2. The van der Waals surface area contributed by atoms with Crippen molar-refractivity contribution in [2.45, 2.75) is 33.2 Å². The number of amides is 1. The summed E-state index contributed by atoms with van der Waals surface area (Å²) in [7, 11) is 0. The van der Waals surface area contributed by atoms with Gasteiger partial charge in [-0.1, -0.05) is 0 Å². The number of H-pyrrole nitrogens is 1. The Balaban J connectivity index is 1.68. The van der Waals surface area contributed by atoms with Gasteiger partial charge in [0.05, 0.1) is 31.7 Å². The van der Waals surface area contributed by atoms with Gasteiger partial charge in [-0.25, -0.2) is 4.79 Å². The number of carbonyl (C=O) groups is 3. The van der Waals surface area contributed by atoms with E-state index in [0.717, 1.165) is 19.6 Å². The molecule has 2 saturated heterocycles. The zero-order valence-corrected chi connectivity index (χ0v) is 20.3. The number of aromatic nitrogens is 1. The lowest BCUT2D eigenvalue weighted by molar-refractivity contribution is -0.140. The largest absolute Gasteiger partial charge is 0.507 e. The summed E-state index contributed by atoms with van der Waals surface area (Å²) in [6, 6.07) is 2.49. The molecule has 1 amide bonds. The number of nitrogens with zero attached hydrogens (tertiary/aromatic N) is 2. The highest BCUT2D eigenvalue weighted by Crippen LogP contribution is 2.41. The number of aryl methyl sites for hydroxylation is 1. The molecule has 0 aliphatic carbocycles. The quantitative estimate of drug-likeness (QED) is 0.253. The first kappa shape index (κ1) is 24.7. The van der Waals surface area contributed by atoms with Crippen LogP contribution in [0.25, 0.3) is 5.76 Å². The van der Waals surface area contributed by atoms with Gasteiger partial charge in [0.2, 0.25) is 0 Å². The number of nitrogens with one attached hydrogen (secondary N) is 1. The predicted octanol–water partition coefficient (Wildman–Crippen LogP) is 2.55. The fraction of sp³-hybridized carbons (Fsp3) is 0.480. The maximum atomic E-state index is 13.2. The Morgan fingerprint density at radius 1 is 1.23 bits per heavy atom. The Labute approximate surface area is 203 Å². The molecule has 2 fully saturated rings. The molecule has 0 aromatic carbocycles. The zero-order valence-electron chi connectivity index (χ0n) is 20.3. The highest BCUT2D eigenvalue weighted by Gasteiger charge is 2.47. The van der Waals surface area contributed by atoms with Crippen molar-refractivity contribution in [3.8, 4) is 0 Å². The molecule has 2 aliphatic rings. The zero-order chi connectivity index (χ0) is 25.1. The van der Waals surface area contributed by atoms with Gasteiger partial charge >= 0.3 is 5.97 Å². The van der Waals surface area contributed by atoms with Crippen LogP contribution < -0.4 is 0 Å². The Morgan fingerprint density at radius 2 is 1.97 bits per heavy atom. The maximum Gasteiger partial charge on any atom is 0.355 e. The molecule has 4 rings (SSSR count). The van der Waals surface area contributed by atoms with Crippen LogP contribution in [0.1, 0.15) is 52.5 Å². The molecule has 35 heavy (non-hydrogen) atoms. The molecule has 0 spiro atoms. The van der Waals surface area contributed by atoms with Crippen molar-refractivity contribution in [1.29, 1.82) is 0 Å². The number of aromatic amines is 1. The number of likely N-dealkylation sites (tertiary alicyclic amines) is 1. The van der Waals surface area contributed by atoms with Crippen molar-refractivity contribution in [1.82, 2.24) is 14.8 Å². The summed E-state index contributed by atoms with van der Waals surface area (Å²) < 4.78 is 16.1. The molecule has 2 aliphatic heterocycles. The van der Waals surface area contributed by atoms with E-state index in [2.05, 4.69) is 9.88 Å². The van der Waals surface area contributed by atoms with Crippen LogP contribution in [-0.2, 0) is 19.1 Å². The Bertz CT molecular complexity index is 1130. The summed E-state index contributed by atoms with van der Waals surface area (Å²) in [5.74, 6) is -1.99. The second-order valence-electron chi connectivity index (χ2n) is 8.66. The number of esters is 1. The Kier molecular flexibility index (Phi) is 7.42. The van der Waals surface area contributed by atoms with E-state index >= 15 is 0 Å². The van der Waals surface area contributed by atoms with Gasteiger partial charge < -0.3 is 28.9 Å². The summed E-state index contributed by atoms with van der Waals surface area (Å²) in [4.78, 5) is 45.3. The van der Waals surface area contributed by atoms with Crippen LogP contribution in [0, 0.1) is 13.8 Å². The lowest BCUT2D eigenvalue weighted by atomic mass is 9.97. The summed E-state index contributed by atoms with van der Waals surface area (Å²) in [5.41, 5.74) is 1.36. The van der Waals surface area contributed by atoms with Crippen LogP contribution in [0.3, 0.4) is 0 Å². The lowest BCUT2D eigenvalue weighted by Gasteiger charge is -2.28. The molecular weight excluding hydrogens is 454 g/mol. The van der Waals surface area contributed by atoms with Crippen molar-refractivity contribution in [3.05, 3.63) is 52.2 Å². The average molecular weight is 486 g/mol. The van der Waals surface area contributed by atoms with Crippen LogP contribution in [0.15, 0.2) is 28.4 Å². The summed E-state index contributed by atoms with van der Waals surface area (Å²) in [6.07, 6.45) is 2.12. The fourth-order valence-corrected chi connectivity index (χ4v) is 4.79. The predicted molar refractivity (Wildman–Crippen MR) is 126 cm³/mol. The monoisotopic (exact) mass is 485 g/mol. The minimum absolute atomic E-state index is 0.0584. The smallest absolute Gasteiger partial charge is 0.355 e. The molecule has 1 unspecified atom stereocenters. The van der Waals surface area contributed by atoms with Crippen molar-refractivity contribution in [2.75, 3.05) is 46.0 Å². The molecular formula is C25H31N3O7. The molecule has 0 bridgehead atoms. The first-order valence-electron chi connectivity index (χ1n) is 11.8. The maximum absolute atomic E-state index is 13.2. The van der Waals surface area contributed by atoms with Gasteiger partial charge in [0.1, 0.15) is 23.3 Å². The summed E-state index contributed by atoms with van der Waals surface area (Å²) in [6.45, 7) is 9.35. The van der Waals surface area contributed by atoms with E-state index in [1.807, 2.05) is 0 Å². The highest BCUT2D eigenvalue weighted by atomic mass is 16.5. The normalized spacial score (nSPS) is 20.5. The Hall–Kier alpha value is -3.37. The lowest BCUT2D eigenvalue weighted by Crippen LogP contribution is -2.38. The van der Waals surface area contributed by atoms with Gasteiger partial charge in [-0.2, -0.15) is 0 Å². The van der Waals surface area contributed by atoms with E-state index in [0.29, 0.717) is 48.8 Å². The molecule has 0 radical (unpaired) electrons. The van der Waals surface area contributed by atoms with Crippen molar-refractivity contribution >= 4 is 23.4 Å². The van der Waals surface area contributed by atoms with Gasteiger partial charge in [-0.05, 0) is 44.9 Å². The van der Waals surface area contributed by atoms with Gasteiger partial charge in [-0.15, -0.1) is 0 Å². The number of aliphatic hydroxyl groups excluding tert-OH is 1. The summed E-state index contributed by atoms with van der Waals surface area (Å²) >= 11 is 0. The number of ketones is 1. The standard InChI is InChI=1S/C25H31N3O7/c1-4-34-25(32)20-15(2)18(16(3)26-20)22(29)19-21(17-7-5-12-35-17)28(24(31)23(19)30)9-6-8-27-10-13-33-14-11-27/h5,7,12,21,26,29H,4,6,8-11,13-14H2,1-3H3/b22-19-. The average Bonchev–Trinajstić information content (AvgIpc) is 3.53. The van der Waals surface area contributed by atoms with E-state index < -0.39 is 23.7 Å². The van der Waals surface area contributed by atoms with Crippen molar-refractivity contribution < 1.29 is 33.4 Å². The molecule has 2 N–H and O–H groups in total. The van der Waals surface area contributed by atoms with Crippen LogP contribution >= 0.6 is 0 Å².